The van der Waals surface area contributed by atoms with Gasteiger partial charge >= 0.3 is 0 Å². The fourth-order valence-corrected chi connectivity index (χ4v) is 4.25. The molecular formula is C30H27F2N. The topological polar surface area (TPSA) is 23.8 Å². The fourth-order valence-electron chi connectivity index (χ4n) is 4.25. The molecule has 4 rings (SSSR count). The molecule has 0 heterocycles. The lowest BCUT2D eigenvalue weighted by Crippen LogP contribution is -1.96. The van der Waals surface area contributed by atoms with E-state index >= 15 is 4.39 Å². The van der Waals surface area contributed by atoms with Crippen LogP contribution in [0.3, 0.4) is 0 Å². The van der Waals surface area contributed by atoms with Crippen molar-refractivity contribution in [2.75, 3.05) is 0 Å². The summed E-state index contributed by atoms with van der Waals surface area (Å²) >= 11 is 0. The normalized spacial score (nSPS) is 11.0. The molecule has 33 heavy (non-hydrogen) atoms. The number of nitriles is 1. The lowest BCUT2D eigenvalue weighted by molar-refractivity contribution is 0.620. The van der Waals surface area contributed by atoms with Gasteiger partial charge in [-0.3, -0.25) is 0 Å². The highest BCUT2D eigenvalue weighted by Crippen LogP contribution is 2.30. The maximum atomic E-state index is 15.2. The Morgan fingerprint density at radius 3 is 2.27 bits per heavy atom. The first-order valence-electron chi connectivity index (χ1n) is 11.6. The summed E-state index contributed by atoms with van der Waals surface area (Å²) in [5.41, 5.74) is 4.66. The third kappa shape index (κ3) is 5.29. The van der Waals surface area contributed by atoms with Crippen LogP contribution in [-0.4, -0.2) is 0 Å². The van der Waals surface area contributed by atoms with Gasteiger partial charge in [0.15, 0.2) is 0 Å². The molecule has 0 fully saturated rings. The number of rotatable bonds is 8. The third-order valence-corrected chi connectivity index (χ3v) is 6.21. The van der Waals surface area contributed by atoms with Crippen LogP contribution in [0.25, 0.3) is 21.9 Å². The number of nitrogens with zero attached hydrogens (tertiary/aromatic N) is 1. The van der Waals surface area contributed by atoms with Gasteiger partial charge in [0.2, 0.25) is 0 Å². The monoisotopic (exact) mass is 439 g/mol. The summed E-state index contributed by atoms with van der Waals surface area (Å²) in [5.74, 6) is -0.456. The zero-order chi connectivity index (χ0) is 23.2. The van der Waals surface area contributed by atoms with Gasteiger partial charge in [0.25, 0.3) is 0 Å². The van der Waals surface area contributed by atoms with E-state index in [1.807, 2.05) is 42.5 Å². The first-order chi connectivity index (χ1) is 16.1. The van der Waals surface area contributed by atoms with Crippen LogP contribution in [0.5, 0.6) is 0 Å². The van der Waals surface area contributed by atoms with Crippen LogP contribution in [-0.2, 0) is 19.3 Å². The lowest BCUT2D eigenvalue weighted by Gasteiger charge is -2.10. The molecule has 0 aliphatic carbocycles. The molecule has 0 bridgehead atoms. The second-order valence-electron chi connectivity index (χ2n) is 8.55. The number of hydrogen-bond donors (Lipinski definition) is 0. The van der Waals surface area contributed by atoms with Crippen LogP contribution in [0.1, 0.15) is 48.4 Å². The molecule has 0 atom stereocenters. The molecule has 0 radical (unpaired) electrons. The lowest BCUT2D eigenvalue weighted by atomic mass is 9.96. The molecule has 4 aromatic rings. The molecule has 0 aliphatic rings. The largest absolute Gasteiger partial charge is 0.206 e. The molecular weight excluding hydrogens is 412 g/mol. The summed E-state index contributed by atoms with van der Waals surface area (Å²) in [6.45, 7) is 2.16. The van der Waals surface area contributed by atoms with Crippen molar-refractivity contribution in [3.8, 4) is 17.2 Å². The number of fused-ring (bicyclic) bond motifs is 1. The van der Waals surface area contributed by atoms with Crippen molar-refractivity contribution in [1.29, 1.82) is 5.26 Å². The van der Waals surface area contributed by atoms with Crippen LogP contribution in [0, 0.1) is 23.0 Å². The SMILES string of the molecule is CCCCCc1ccc(-c2ccc3c(F)c(CCc4ccc(C#N)cc4)ccc3c2)c(F)c1. The molecule has 0 saturated carbocycles. The van der Waals surface area contributed by atoms with Crippen molar-refractivity contribution in [3.63, 3.8) is 0 Å². The van der Waals surface area contributed by atoms with Gasteiger partial charge in [-0.1, -0.05) is 68.3 Å². The summed E-state index contributed by atoms with van der Waals surface area (Å²) < 4.78 is 30.0. The molecule has 0 unspecified atom stereocenters. The molecule has 0 amide bonds. The van der Waals surface area contributed by atoms with Crippen LogP contribution in [0.2, 0.25) is 0 Å². The third-order valence-electron chi connectivity index (χ3n) is 6.21. The Labute approximate surface area is 194 Å². The minimum atomic E-state index is -0.233. The minimum Gasteiger partial charge on any atom is -0.206 e. The van der Waals surface area contributed by atoms with E-state index in [1.54, 1.807) is 30.3 Å². The van der Waals surface area contributed by atoms with Gasteiger partial charge in [0.1, 0.15) is 11.6 Å². The first-order valence-corrected chi connectivity index (χ1v) is 11.6. The Kier molecular flexibility index (Phi) is 7.15. The van der Waals surface area contributed by atoms with E-state index in [-0.39, 0.29) is 11.6 Å². The van der Waals surface area contributed by atoms with Gasteiger partial charge < -0.3 is 0 Å². The van der Waals surface area contributed by atoms with Gasteiger partial charge in [-0.15, -0.1) is 0 Å². The Morgan fingerprint density at radius 2 is 1.55 bits per heavy atom. The van der Waals surface area contributed by atoms with Crippen molar-refractivity contribution in [1.82, 2.24) is 0 Å². The summed E-state index contributed by atoms with van der Waals surface area (Å²) in [5, 5.41) is 10.2. The Bertz CT molecular complexity index is 1300. The Morgan fingerprint density at radius 1 is 0.758 bits per heavy atom. The number of unbranched alkanes of at least 4 members (excludes halogenated alkanes) is 2. The molecule has 0 N–H and O–H groups in total. The van der Waals surface area contributed by atoms with E-state index in [4.69, 9.17) is 5.26 Å². The van der Waals surface area contributed by atoms with E-state index in [2.05, 4.69) is 13.0 Å². The van der Waals surface area contributed by atoms with Crippen molar-refractivity contribution in [2.24, 2.45) is 0 Å². The highest BCUT2D eigenvalue weighted by molar-refractivity contribution is 5.88. The van der Waals surface area contributed by atoms with E-state index in [0.717, 1.165) is 47.8 Å². The van der Waals surface area contributed by atoms with Crippen LogP contribution in [0.15, 0.2) is 72.8 Å². The zero-order valence-electron chi connectivity index (χ0n) is 18.9. The van der Waals surface area contributed by atoms with Crippen LogP contribution in [0.4, 0.5) is 8.78 Å². The Balaban J connectivity index is 1.53. The van der Waals surface area contributed by atoms with E-state index in [0.29, 0.717) is 34.9 Å². The average molecular weight is 440 g/mol. The van der Waals surface area contributed by atoms with E-state index in [1.165, 1.54) is 0 Å². The quantitative estimate of drug-likeness (QED) is 0.254. The minimum absolute atomic E-state index is 0.223. The molecule has 0 saturated heterocycles. The highest BCUT2D eigenvalue weighted by Gasteiger charge is 2.11. The van der Waals surface area contributed by atoms with Gasteiger partial charge in [0, 0.05) is 10.9 Å². The molecule has 4 aromatic carbocycles. The summed E-state index contributed by atoms with van der Waals surface area (Å²) in [6, 6.07) is 24.1. The van der Waals surface area contributed by atoms with Crippen LogP contribution >= 0.6 is 0 Å². The van der Waals surface area contributed by atoms with Crippen LogP contribution < -0.4 is 0 Å². The highest BCUT2D eigenvalue weighted by atomic mass is 19.1. The Hall–Kier alpha value is -3.51. The first kappa shape index (κ1) is 22.7. The summed E-state index contributed by atoms with van der Waals surface area (Å²) in [4.78, 5) is 0. The van der Waals surface area contributed by atoms with Gasteiger partial charge in [0.05, 0.1) is 11.6 Å². The maximum absolute atomic E-state index is 15.2. The van der Waals surface area contributed by atoms with Crippen molar-refractivity contribution in [3.05, 3.63) is 107 Å². The molecule has 166 valence electrons. The predicted octanol–water partition coefficient (Wildman–Crippen LogP) is 8.17. The van der Waals surface area contributed by atoms with E-state index in [9.17, 15) is 4.39 Å². The summed E-state index contributed by atoms with van der Waals surface area (Å²) in [7, 11) is 0. The number of aryl methyl sites for hydroxylation is 3. The predicted molar refractivity (Wildman–Crippen MR) is 131 cm³/mol. The second-order valence-corrected chi connectivity index (χ2v) is 8.55. The number of halogens is 2. The van der Waals surface area contributed by atoms with Crippen molar-refractivity contribution < 1.29 is 8.78 Å². The standard InChI is InChI=1S/C30H27F2N/c1-2-3-4-5-22-11-16-27(29(31)18-22)25-15-17-28-26(19-25)14-13-24(30(28)32)12-10-21-6-8-23(20-33)9-7-21/h6-9,11,13-19H,2-5,10,12H2,1H3. The van der Waals surface area contributed by atoms with Gasteiger partial charge in [-0.2, -0.15) is 5.26 Å². The summed E-state index contributed by atoms with van der Waals surface area (Å²) in [6.07, 6.45) is 5.52. The molecule has 1 nitrogen and oxygen atoms in total. The van der Waals surface area contributed by atoms with Crippen molar-refractivity contribution in [2.45, 2.75) is 45.4 Å². The fraction of sp³-hybridized carbons (Fsp3) is 0.233. The van der Waals surface area contributed by atoms with Gasteiger partial charge in [-0.05, 0) is 77.6 Å². The zero-order valence-corrected chi connectivity index (χ0v) is 18.9. The second kappa shape index (κ2) is 10.4. The smallest absolute Gasteiger partial charge is 0.134 e. The van der Waals surface area contributed by atoms with Crippen molar-refractivity contribution >= 4 is 10.8 Å². The average Bonchev–Trinajstić information content (AvgIpc) is 2.84. The molecule has 0 aliphatic heterocycles. The molecule has 3 heteroatoms. The molecule has 0 spiro atoms. The maximum Gasteiger partial charge on any atom is 0.134 e. The molecule has 0 aromatic heterocycles. The van der Waals surface area contributed by atoms with Gasteiger partial charge in [-0.25, -0.2) is 8.78 Å². The number of hydrogen-bond acceptors (Lipinski definition) is 1. The van der Waals surface area contributed by atoms with E-state index < -0.39 is 0 Å². The number of benzene rings is 4.